The first-order valence-corrected chi connectivity index (χ1v) is 6.50. The lowest BCUT2D eigenvalue weighted by Gasteiger charge is -2.12. The van der Waals surface area contributed by atoms with Crippen LogP contribution in [0.2, 0.25) is 5.02 Å². The van der Waals surface area contributed by atoms with Gasteiger partial charge in [-0.1, -0.05) is 29.8 Å². The molecule has 0 aliphatic heterocycles. The van der Waals surface area contributed by atoms with Gasteiger partial charge in [-0.15, -0.1) is 0 Å². The van der Waals surface area contributed by atoms with Crippen molar-refractivity contribution in [2.75, 3.05) is 6.54 Å². The number of hydrogen-bond acceptors (Lipinski definition) is 4. The summed E-state index contributed by atoms with van der Waals surface area (Å²) in [5.74, 6) is 0.276. The monoisotopic (exact) mass is 294 g/mol. The number of aliphatic hydroxyl groups excluding tert-OH is 1. The summed E-state index contributed by atoms with van der Waals surface area (Å²) in [6.45, 7) is 0.368. The van der Waals surface area contributed by atoms with Crippen LogP contribution in [0.1, 0.15) is 17.5 Å². The summed E-state index contributed by atoms with van der Waals surface area (Å²) in [5, 5.41) is 16.9. The van der Waals surface area contributed by atoms with E-state index in [4.69, 9.17) is 11.6 Å². The van der Waals surface area contributed by atoms with Crippen LogP contribution in [0.15, 0.2) is 30.6 Å². The van der Waals surface area contributed by atoms with Crippen LogP contribution in [0.4, 0.5) is 0 Å². The predicted molar refractivity (Wildman–Crippen MR) is 74.1 cm³/mol. The molecule has 2 rings (SSSR count). The number of benzene rings is 1. The highest BCUT2D eigenvalue weighted by Crippen LogP contribution is 2.22. The average Bonchev–Trinajstić information content (AvgIpc) is 2.84. The molecule has 0 aliphatic carbocycles. The van der Waals surface area contributed by atoms with Gasteiger partial charge in [-0.25, -0.2) is 4.98 Å². The molecule has 2 N–H and O–H groups in total. The third kappa shape index (κ3) is 3.34. The molecule has 0 aliphatic rings. The number of aliphatic hydroxyl groups is 1. The van der Waals surface area contributed by atoms with Crippen molar-refractivity contribution in [2.45, 2.75) is 12.5 Å². The summed E-state index contributed by atoms with van der Waals surface area (Å²) in [6, 6.07) is 6.71. The number of nitrogens with one attached hydrogen (secondary N) is 1. The number of rotatable bonds is 5. The fourth-order valence-electron chi connectivity index (χ4n) is 1.78. The van der Waals surface area contributed by atoms with Gasteiger partial charge in [0.15, 0.2) is 6.10 Å². The zero-order chi connectivity index (χ0) is 14.5. The summed E-state index contributed by atoms with van der Waals surface area (Å²) in [7, 11) is 1.78. The number of hydrogen-bond donors (Lipinski definition) is 2. The summed E-state index contributed by atoms with van der Waals surface area (Å²) >= 11 is 5.94. The molecule has 20 heavy (non-hydrogen) atoms. The molecule has 6 nitrogen and oxygen atoms in total. The Morgan fingerprint density at radius 1 is 1.50 bits per heavy atom. The molecule has 0 radical (unpaired) electrons. The minimum atomic E-state index is -1.27. The molecule has 1 heterocycles. The topological polar surface area (TPSA) is 80.0 Å². The Bertz CT molecular complexity index is 600. The molecule has 1 amide bonds. The van der Waals surface area contributed by atoms with Gasteiger partial charge in [0, 0.05) is 30.6 Å². The summed E-state index contributed by atoms with van der Waals surface area (Å²) < 4.78 is 1.64. The van der Waals surface area contributed by atoms with E-state index in [2.05, 4.69) is 15.4 Å². The summed E-state index contributed by atoms with van der Waals surface area (Å²) in [5.41, 5.74) is 0.394. The fourth-order valence-corrected chi connectivity index (χ4v) is 2.02. The highest BCUT2D eigenvalue weighted by molar-refractivity contribution is 6.31. The normalized spacial score (nSPS) is 12.2. The number of amides is 1. The van der Waals surface area contributed by atoms with Gasteiger partial charge in [-0.05, 0) is 6.07 Å². The maximum atomic E-state index is 11.8. The van der Waals surface area contributed by atoms with Crippen molar-refractivity contribution in [3.63, 3.8) is 0 Å². The van der Waals surface area contributed by atoms with Crippen LogP contribution < -0.4 is 5.32 Å². The van der Waals surface area contributed by atoms with Crippen LogP contribution in [0.5, 0.6) is 0 Å². The van der Waals surface area contributed by atoms with Gasteiger partial charge in [-0.3, -0.25) is 9.48 Å². The van der Waals surface area contributed by atoms with Crippen LogP contribution in [0.3, 0.4) is 0 Å². The molecular formula is C13H15ClN4O2. The second-order valence-corrected chi connectivity index (χ2v) is 4.67. The Kier molecular flexibility index (Phi) is 4.70. The molecule has 7 heteroatoms. The van der Waals surface area contributed by atoms with Crippen LogP contribution >= 0.6 is 11.6 Å². The first-order chi connectivity index (χ1) is 9.59. The van der Waals surface area contributed by atoms with E-state index in [9.17, 15) is 9.90 Å². The lowest BCUT2D eigenvalue weighted by molar-refractivity contribution is -0.129. The number of aromatic nitrogens is 3. The molecule has 2 aromatic rings. The number of aryl methyl sites for hydroxylation is 1. The third-order valence-corrected chi connectivity index (χ3v) is 3.25. The zero-order valence-electron chi connectivity index (χ0n) is 11.0. The lowest BCUT2D eigenvalue weighted by Crippen LogP contribution is -2.31. The molecule has 0 saturated heterocycles. The lowest BCUT2D eigenvalue weighted by atomic mass is 10.1. The molecule has 1 aromatic carbocycles. The van der Waals surface area contributed by atoms with E-state index in [-0.39, 0.29) is 0 Å². The third-order valence-electron chi connectivity index (χ3n) is 2.90. The van der Waals surface area contributed by atoms with E-state index < -0.39 is 12.0 Å². The SMILES string of the molecule is Cn1ncnc1CCNC(=O)[C@@H](O)c1ccccc1Cl. The largest absolute Gasteiger partial charge is 0.378 e. The van der Waals surface area contributed by atoms with E-state index in [1.54, 1.807) is 36.0 Å². The minimum absolute atomic E-state index is 0.364. The van der Waals surface area contributed by atoms with Gasteiger partial charge in [0.1, 0.15) is 12.2 Å². The van der Waals surface area contributed by atoms with Crippen LogP contribution in [0.25, 0.3) is 0 Å². The van der Waals surface area contributed by atoms with Gasteiger partial charge >= 0.3 is 0 Å². The second kappa shape index (κ2) is 6.49. The van der Waals surface area contributed by atoms with E-state index in [1.807, 2.05) is 0 Å². The minimum Gasteiger partial charge on any atom is -0.378 e. The van der Waals surface area contributed by atoms with Crippen molar-refractivity contribution in [2.24, 2.45) is 7.05 Å². The van der Waals surface area contributed by atoms with E-state index in [0.717, 1.165) is 5.82 Å². The van der Waals surface area contributed by atoms with Crippen molar-refractivity contribution >= 4 is 17.5 Å². The quantitative estimate of drug-likeness (QED) is 0.857. The Labute approximate surface area is 121 Å². The van der Waals surface area contributed by atoms with Crippen molar-refractivity contribution in [1.82, 2.24) is 20.1 Å². The number of carbonyl (C=O) groups is 1. The summed E-state index contributed by atoms with van der Waals surface area (Å²) in [6.07, 6.45) is 0.718. The summed E-state index contributed by atoms with van der Waals surface area (Å²) in [4.78, 5) is 15.9. The maximum Gasteiger partial charge on any atom is 0.253 e. The predicted octanol–water partition coefficient (Wildman–Crippen LogP) is 0.861. The standard InChI is InChI=1S/C13H15ClN4O2/c1-18-11(16-8-17-18)6-7-15-13(20)12(19)9-4-2-3-5-10(9)14/h2-5,8,12,19H,6-7H2,1H3,(H,15,20)/t12-/m0/s1. The van der Waals surface area contributed by atoms with Gasteiger partial charge < -0.3 is 10.4 Å². The molecule has 0 saturated carbocycles. The van der Waals surface area contributed by atoms with Crippen LogP contribution in [0, 0.1) is 0 Å². The van der Waals surface area contributed by atoms with Gasteiger partial charge in [0.25, 0.3) is 5.91 Å². The number of halogens is 1. The molecule has 0 fully saturated rings. The maximum absolute atomic E-state index is 11.8. The molecular weight excluding hydrogens is 280 g/mol. The Hall–Kier alpha value is -1.92. The highest BCUT2D eigenvalue weighted by Gasteiger charge is 2.19. The first-order valence-electron chi connectivity index (χ1n) is 6.12. The van der Waals surface area contributed by atoms with Crippen LogP contribution in [-0.2, 0) is 18.3 Å². The highest BCUT2D eigenvalue weighted by atomic mass is 35.5. The first kappa shape index (κ1) is 14.5. The average molecular weight is 295 g/mol. The van der Waals surface area contributed by atoms with Gasteiger partial charge in [0.05, 0.1) is 0 Å². The van der Waals surface area contributed by atoms with Crippen molar-refractivity contribution in [1.29, 1.82) is 0 Å². The molecule has 0 bridgehead atoms. The Morgan fingerprint density at radius 3 is 2.90 bits per heavy atom. The van der Waals surface area contributed by atoms with Gasteiger partial charge in [0.2, 0.25) is 0 Å². The molecule has 0 spiro atoms. The van der Waals surface area contributed by atoms with Crippen molar-refractivity contribution in [3.8, 4) is 0 Å². The molecule has 106 valence electrons. The fraction of sp³-hybridized carbons (Fsp3) is 0.308. The van der Waals surface area contributed by atoms with Crippen molar-refractivity contribution < 1.29 is 9.90 Å². The van der Waals surface area contributed by atoms with E-state index in [1.165, 1.54) is 6.33 Å². The molecule has 1 aromatic heterocycles. The second-order valence-electron chi connectivity index (χ2n) is 4.26. The molecule has 0 unspecified atom stereocenters. The van der Waals surface area contributed by atoms with E-state index in [0.29, 0.717) is 23.6 Å². The van der Waals surface area contributed by atoms with Crippen LogP contribution in [-0.4, -0.2) is 32.3 Å². The van der Waals surface area contributed by atoms with Crippen molar-refractivity contribution in [3.05, 3.63) is 47.0 Å². The zero-order valence-corrected chi connectivity index (χ0v) is 11.7. The van der Waals surface area contributed by atoms with Gasteiger partial charge in [-0.2, -0.15) is 5.10 Å². The van der Waals surface area contributed by atoms with E-state index >= 15 is 0 Å². The molecule has 1 atom stereocenters. The number of nitrogens with zero attached hydrogens (tertiary/aromatic N) is 3. The Balaban J connectivity index is 1.89. The number of carbonyl (C=O) groups excluding carboxylic acids is 1. The smallest absolute Gasteiger partial charge is 0.253 e. The Morgan fingerprint density at radius 2 is 2.25 bits per heavy atom.